The van der Waals surface area contributed by atoms with E-state index in [9.17, 15) is 22.0 Å². The number of unbranched alkanes of at least 4 members (excludes halogenated alkanes) is 2. The largest absolute Gasteiger partial charge is 0.573 e. The maximum atomic E-state index is 14.5. The first-order valence-corrected chi connectivity index (χ1v) is 12.2. The molecule has 7 heteroatoms. The van der Waals surface area contributed by atoms with E-state index in [1.54, 1.807) is 12.1 Å². The zero-order chi connectivity index (χ0) is 24.6. The number of rotatable bonds is 11. The summed E-state index contributed by atoms with van der Waals surface area (Å²) < 4.78 is 74.2. The third-order valence-electron chi connectivity index (χ3n) is 6.62. The summed E-state index contributed by atoms with van der Waals surface area (Å²) >= 11 is 0. The summed E-state index contributed by atoms with van der Waals surface area (Å²) in [6.07, 6.45) is 3.88. The van der Waals surface area contributed by atoms with Gasteiger partial charge in [-0.25, -0.2) is 0 Å². The summed E-state index contributed by atoms with van der Waals surface area (Å²) in [5.74, 6) is 0.820. The van der Waals surface area contributed by atoms with Crippen molar-refractivity contribution in [2.45, 2.75) is 83.6 Å². The van der Waals surface area contributed by atoms with Gasteiger partial charge in [0.05, 0.1) is 5.56 Å². The van der Waals surface area contributed by atoms with Gasteiger partial charge in [0.25, 0.3) is 0 Å². The summed E-state index contributed by atoms with van der Waals surface area (Å²) in [4.78, 5) is 0. The number of halogens is 5. The van der Waals surface area contributed by atoms with Crippen molar-refractivity contribution in [2.75, 3.05) is 0 Å². The van der Waals surface area contributed by atoms with Crippen LogP contribution in [0.5, 0.6) is 11.5 Å². The average Bonchev–Trinajstić information content (AvgIpc) is 2.79. The fourth-order valence-corrected chi connectivity index (χ4v) is 4.64. The van der Waals surface area contributed by atoms with Gasteiger partial charge in [0.1, 0.15) is 11.5 Å². The highest BCUT2D eigenvalue weighted by molar-refractivity contribution is 5.33. The average molecular weight is 485 g/mol. The lowest BCUT2D eigenvalue weighted by atomic mass is 9.78. The second-order valence-corrected chi connectivity index (χ2v) is 9.26. The Morgan fingerprint density at radius 2 is 1.24 bits per heavy atom. The first-order chi connectivity index (χ1) is 16.1. The lowest BCUT2D eigenvalue weighted by Gasteiger charge is -2.28. The van der Waals surface area contributed by atoms with Crippen LogP contribution in [0, 0.1) is 11.8 Å². The Kier molecular flexibility index (Phi) is 9.20. The molecule has 1 saturated carbocycles. The van der Waals surface area contributed by atoms with Crippen LogP contribution >= 0.6 is 0 Å². The molecule has 0 radical (unpaired) electrons. The summed E-state index contributed by atoms with van der Waals surface area (Å²) in [5, 5.41) is 0. The van der Waals surface area contributed by atoms with Crippen LogP contribution in [0.25, 0.3) is 0 Å². The van der Waals surface area contributed by atoms with Gasteiger partial charge in [-0.1, -0.05) is 70.4 Å². The van der Waals surface area contributed by atoms with Crippen molar-refractivity contribution in [3.05, 3.63) is 59.7 Å². The maximum Gasteiger partial charge on any atom is 0.573 e. The molecular weight excluding hydrogens is 451 g/mol. The number of hydrogen-bond acceptors (Lipinski definition) is 2. The van der Waals surface area contributed by atoms with Gasteiger partial charge in [0, 0.05) is 0 Å². The molecule has 0 saturated heterocycles. The number of alkyl halides is 5. The molecular formula is C27H33F5O2. The van der Waals surface area contributed by atoms with Crippen LogP contribution < -0.4 is 9.47 Å². The Morgan fingerprint density at radius 1 is 0.706 bits per heavy atom. The minimum atomic E-state index is -4.85. The number of benzene rings is 2. The van der Waals surface area contributed by atoms with Crippen LogP contribution in [-0.2, 0) is 12.5 Å². The van der Waals surface area contributed by atoms with Crippen LogP contribution in [0.1, 0.15) is 75.8 Å². The van der Waals surface area contributed by atoms with Gasteiger partial charge in [-0.3, -0.25) is 0 Å². The van der Waals surface area contributed by atoms with Gasteiger partial charge in [-0.15, -0.1) is 13.2 Å². The second-order valence-electron chi connectivity index (χ2n) is 9.26. The molecule has 0 N–H and O–H groups in total. The van der Waals surface area contributed by atoms with Crippen LogP contribution in [0.2, 0.25) is 0 Å². The highest BCUT2D eigenvalue weighted by Gasteiger charge is 2.35. The molecule has 0 atom stereocenters. The van der Waals surface area contributed by atoms with Crippen molar-refractivity contribution in [1.82, 2.24) is 0 Å². The molecule has 0 unspecified atom stereocenters. The Labute approximate surface area is 198 Å². The van der Waals surface area contributed by atoms with Crippen LogP contribution in [0.3, 0.4) is 0 Å². The van der Waals surface area contributed by atoms with E-state index in [2.05, 4.69) is 11.7 Å². The van der Waals surface area contributed by atoms with E-state index in [-0.39, 0.29) is 11.3 Å². The molecule has 0 aliphatic heterocycles. The highest BCUT2D eigenvalue weighted by atomic mass is 19.4. The SMILES string of the molecule is CCCCC[C@H]1CC[C@H](CCc2ccc(C(F)(F)Oc3ccc(OC(F)(F)F)cc3)cc2)CC1. The lowest BCUT2D eigenvalue weighted by Crippen LogP contribution is -2.22. The molecule has 0 heterocycles. The topological polar surface area (TPSA) is 18.5 Å². The van der Waals surface area contributed by atoms with E-state index in [0.717, 1.165) is 48.6 Å². The minimum absolute atomic E-state index is 0.256. The zero-order valence-corrected chi connectivity index (χ0v) is 19.6. The number of ether oxygens (including phenoxy) is 2. The van der Waals surface area contributed by atoms with E-state index in [1.807, 2.05) is 0 Å². The molecule has 3 rings (SSSR count). The fraction of sp³-hybridized carbons (Fsp3) is 0.556. The van der Waals surface area contributed by atoms with Crippen molar-refractivity contribution in [3.8, 4) is 11.5 Å². The molecule has 0 aromatic heterocycles. The van der Waals surface area contributed by atoms with Gasteiger partial charge >= 0.3 is 12.5 Å². The molecule has 1 fully saturated rings. The van der Waals surface area contributed by atoms with Crippen molar-refractivity contribution >= 4 is 0 Å². The quantitative estimate of drug-likeness (QED) is 0.234. The maximum absolute atomic E-state index is 14.5. The van der Waals surface area contributed by atoms with Crippen molar-refractivity contribution < 1.29 is 31.4 Å². The Bertz CT molecular complexity index is 854. The predicted molar refractivity (Wildman–Crippen MR) is 122 cm³/mol. The van der Waals surface area contributed by atoms with Crippen molar-refractivity contribution in [2.24, 2.45) is 11.8 Å². The molecule has 1 aliphatic carbocycles. The minimum Gasteiger partial charge on any atom is -0.429 e. The molecule has 0 bridgehead atoms. The summed E-state index contributed by atoms with van der Waals surface area (Å²) in [6, 6.07) is 9.99. The molecule has 2 aromatic rings. The smallest absolute Gasteiger partial charge is 0.429 e. The van der Waals surface area contributed by atoms with Gasteiger partial charge in [-0.05, 0) is 66.6 Å². The van der Waals surface area contributed by atoms with Crippen molar-refractivity contribution in [1.29, 1.82) is 0 Å². The van der Waals surface area contributed by atoms with Crippen LogP contribution in [-0.4, -0.2) is 6.36 Å². The molecule has 188 valence electrons. The summed E-state index contributed by atoms with van der Waals surface area (Å²) in [7, 11) is 0. The Balaban J connectivity index is 1.46. The van der Waals surface area contributed by atoms with E-state index < -0.39 is 18.2 Å². The first-order valence-electron chi connectivity index (χ1n) is 12.2. The lowest BCUT2D eigenvalue weighted by molar-refractivity contribution is -0.274. The first kappa shape index (κ1) is 26.3. The van der Waals surface area contributed by atoms with Crippen molar-refractivity contribution in [3.63, 3.8) is 0 Å². The molecule has 2 nitrogen and oxygen atoms in total. The van der Waals surface area contributed by atoms with Gasteiger partial charge in [-0.2, -0.15) is 8.78 Å². The van der Waals surface area contributed by atoms with Gasteiger partial charge in [0.15, 0.2) is 0 Å². The monoisotopic (exact) mass is 484 g/mol. The molecule has 2 aromatic carbocycles. The molecule has 0 spiro atoms. The van der Waals surface area contributed by atoms with E-state index in [0.29, 0.717) is 5.92 Å². The van der Waals surface area contributed by atoms with Gasteiger partial charge in [0.2, 0.25) is 0 Å². The van der Waals surface area contributed by atoms with Gasteiger partial charge < -0.3 is 9.47 Å². The highest BCUT2D eigenvalue weighted by Crippen LogP contribution is 2.35. The van der Waals surface area contributed by atoms with Crippen LogP contribution in [0.4, 0.5) is 22.0 Å². The summed E-state index contributed by atoms with van der Waals surface area (Å²) in [6.45, 7) is 2.23. The van der Waals surface area contributed by atoms with E-state index in [4.69, 9.17) is 4.74 Å². The van der Waals surface area contributed by atoms with E-state index in [1.165, 1.54) is 63.5 Å². The normalized spacial score (nSPS) is 19.1. The molecule has 0 amide bonds. The third kappa shape index (κ3) is 8.48. The van der Waals surface area contributed by atoms with E-state index >= 15 is 0 Å². The standard InChI is InChI=1S/C27H33F5O2/c1-2-3-4-5-20-6-8-21(9-7-20)10-11-22-12-14-23(15-13-22)26(28,29)33-24-16-18-25(19-17-24)34-27(30,31)32/h12-21H,2-11H2,1H3/t20-,21-. The zero-order valence-electron chi connectivity index (χ0n) is 19.6. The van der Waals surface area contributed by atoms with Crippen LogP contribution in [0.15, 0.2) is 48.5 Å². The molecule has 1 aliphatic rings. The number of hydrogen-bond donors (Lipinski definition) is 0. The summed E-state index contributed by atoms with van der Waals surface area (Å²) in [5.41, 5.74) is 0.706. The second kappa shape index (κ2) is 11.9. The predicted octanol–water partition coefficient (Wildman–Crippen LogP) is 9.03. The third-order valence-corrected chi connectivity index (χ3v) is 6.62. The Hall–Kier alpha value is -2.31. The fourth-order valence-electron chi connectivity index (χ4n) is 4.64. The Morgan fingerprint density at radius 3 is 1.76 bits per heavy atom. The molecule has 34 heavy (non-hydrogen) atoms. The number of aryl methyl sites for hydroxylation is 1.